The first-order chi connectivity index (χ1) is 2.81. The van der Waals surface area contributed by atoms with Crippen LogP contribution >= 0.6 is 0 Å². The van der Waals surface area contributed by atoms with Gasteiger partial charge in [-0.2, -0.15) is 5.26 Å². The molecular formula is C4H4N2. The molecule has 0 aliphatic carbocycles. The highest BCUT2D eigenvalue weighted by Crippen LogP contribution is 1.80. The molecule has 0 aromatic heterocycles. The Labute approximate surface area is 36.4 Å². The fourth-order valence-corrected chi connectivity index (χ4v) is 0.0354. The van der Waals surface area contributed by atoms with E-state index in [2.05, 4.69) is 18.3 Å². The maximum atomic E-state index is 7.85. The van der Waals surface area contributed by atoms with Crippen LogP contribution in [0.1, 0.15) is 0 Å². The van der Waals surface area contributed by atoms with Crippen molar-refractivity contribution in [3.05, 3.63) is 12.3 Å². The van der Waals surface area contributed by atoms with Crippen molar-refractivity contribution >= 4 is 6.72 Å². The third kappa shape index (κ3) is 1.24. The Kier molecular flexibility index (Phi) is 1.76. The molecule has 0 saturated carbocycles. The van der Waals surface area contributed by atoms with Crippen molar-refractivity contribution in [1.82, 2.24) is 0 Å². The number of rotatable bonds is 1. The molecule has 0 rings (SSSR count). The van der Waals surface area contributed by atoms with E-state index in [9.17, 15) is 0 Å². The summed E-state index contributed by atoms with van der Waals surface area (Å²) in [5, 5.41) is 7.85. The Hall–Kier alpha value is -1.10. The molecular weight excluding hydrogens is 76.1 g/mol. The van der Waals surface area contributed by atoms with Crippen molar-refractivity contribution in [2.24, 2.45) is 4.99 Å². The first kappa shape index (κ1) is 4.90. The molecule has 2 heteroatoms. The third-order valence-electron chi connectivity index (χ3n) is 0.320. The van der Waals surface area contributed by atoms with Crippen molar-refractivity contribution in [2.45, 2.75) is 0 Å². The SMILES string of the molecule is C=NC(=C)C#N. The predicted octanol–water partition coefficient (Wildman–Crippen LogP) is 0.724. The average Bonchev–Trinajstić information content (AvgIpc) is 1.65. The largest absolute Gasteiger partial charge is 0.254 e. The molecule has 0 heterocycles. The smallest absolute Gasteiger partial charge is 0.132 e. The Morgan fingerprint density at radius 3 is 2.33 bits per heavy atom. The molecule has 0 fully saturated rings. The van der Waals surface area contributed by atoms with Crippen molar-refractivity contribution in [2.75, 3.05) is 0 Å². The molecule has 0 aliphatic rings. The highest BCUT2D eigenvalue weighted by Gasteiger charge is 1.72. The first-order valence-electron chi connectivity index (χ1n) is 1.37. The van der Waals surface area contributed by atoms with Gasteiger partial charge in [-0.25, -0.2) is 0 Å². The maximum Gasteiger partial charge on any atom is 0.132 e. The Morgan fingerprint density at radius 1 is 1.83 bits per heavy atom. The summed E-state index contributed by atoms with van der Waals surface area (Å²) >= 11 is 0. The summed E-state index contributed by atoms with van der Waals surface area (Å²) in [5.74, 6) is 0. The van der Waals surface area contributed by atoms with Crippen LogP contribution < -0.4 is 0 Å². The second kappa shape index (κ2) is 2.16. The fraction of sp³-hybridized carbons (Fsp3) is 0. The molecule has 0 saturated heterocycles. The van der Waals surface area contributed by atoms with E-state index in [0.717, 1.165) is 0 Å². The first-order valence-corrected chi connectivity index (χ1v) is 1.37. The Bertz CT molecular complexity index is 107. The van der Waals surface area contributed by atoms with E-state index < -0.39 is 0 Å². The number of nitrogens with zero attached hydrogens (tertiary/aromatic N) is 2. The van der Waals surface area contributed by atoms with Crippen LogP contribution in [0.2, 0.25) is 0 Å². The number of nitriles is 1. The van der Waals surface area contributed by atoms with Crippen LogP contribution in [0.5, 0.6) is 0 Å². The second-order valence-electron chi connectivity index (χ2n) is 0.717. The monoisotopic (exact) mass is 80.0 g/mol. The van der Waals surface area contributed by atoms with Gasteiger partial charge in [0, 0.05) is 0 Å². The average molecular weight is 80.1 g/mol. The minimum Gasteiger partial charge on any atom is -0.254 e. The molecule has 0 spiro atoms. The van der Waals surface area contributed by atoms with Crippen LogP contribution in [0, 0.1) is 11.3 Å². The molecule has 0 aliphatic heterocycles. The summed E-state index contributed by atoms with van der Waals surface area (Å²) in [6.45, 7) is 6.26. The van der Waals surface area contributed by atoms with Crippen LogP contribution in [-0.2, 0) is 0 Å². The minimum absolute atomic E-state index is 0.162. The molecule has 0 aromatic carbocycles. The quantitative estimate of drug-likeness (QED) is 0.337. The van der Waals surface area contributed by atoms with E-state index in [1.54, 1.807) is 6.07 Å². The van der Waals surface area contributed by atoms with Gasteiger partial charge in [-0.05, 0) is 6.72 Å². The van der Waals surface area contributed by atoms with E-state index in [1.807, 2.05) is 0 Å². The van der Waals surface area contributed by atoms with Crippen molar-refractivity contribution in [1.29, 1.82) is 5.26 Å². The molecule has 30 valence electrons. The molecule has 0 atom stereocenters. The van der Waals surface area contributed by atoms with E-state index in [-0.39, 0.29) is 5.70 Å². The summed E-state index contributed by atoms with van der Waals surface area (Å²) in [6, 6.07) is 1.69. The Balaban J connectivity index is 3.63. The van der Waals surface area contributed by atoms with Crippen LogP contribution in [0.25, 0.3) is 0 Å². The van der Waals surface area contributed by atoms with Crippen molar-refractivity contribution in [3.8, 4) is 6.07 Å². The predicted molar refractivity (Wildman–Crippen MR) is 24.3 cm³/mol. The van der Waals surface area contributed by atoms with Gasteiger partial charge in [-0.1, -0.05) is 6.58 Å². The van der Waals surface area contributed by atoms with Gasteiger partial charge in [0.1, 0.15) is 11.8 Å². The normalized spacial score (nSPS) is 5.83. The molecule has 0 unspecified atom stereocenters. The van der Waals surface area contributed by atoms with Gasteiger partial charge < -0.3 is 0 Å². The van der Waals surface area contributed by atoms with Gasteiger partial charge in [0.2, 0.25) is 0 Å². The lowest BCUT2D eigenvalue weighted by Crippen LogP contribution is -1.58. The van der Waals surface area contributed by atoms with Crippen LogP contribution in [-0.4, -0.2) is 6.72 Å². The lowest BCUT2D eigenvalue weighted by molar-refractivity contribution is 1.42. The fourth-order valence-electron chi connectivity index (χ4n) is 0.0354. The molecule has 0 amide bonds. The number of allylic oxidation sites excluding steroid dienone is 1. The van der Waals surface area contributed by atoms with Crippen LogP contribution in [0.15, 0.2) is 17.3 Å². The topological polar surface area (TPSA) is 36.1 Å². The lowest BCUT2D eigenvalue weighted by atomic mass is 10.6. The van der Waals surface area contributed by atoms with E-state index >= 15 is 0 Å². The van der Waals surface area contributed by atoms with Crippen molar-refractivity contribution in [3.63, 3.8) is 0 Å². The Morgan fingerprint density at radius 2 is 2.33 bits per heavy atom. The summed E-state index contributed by atoms with van der Waals surface area (Å²) in [4.78, 5) is 3.20. The van der Waals surface area contributed by atoms with Gasteiger partial charge in [0.05, 0.1) is 0 Å². The van der Waals surface area contributed by atoms with Gasteiger partial charge in [-0.15, -0.1) is 0 Å². The lowest BCUT2D eigenvalue weighted by Gasteiger charge is -1.69. The third-order valence-corrected chi connectivity index (χ3v) is 0.320. The molecule has 0 aromatic rings. The molecule has 0 N–H and O–H groups in total. The summed E-state index contributed by atoms with van der Waals surface area (Å²) < 4.78 is 0. The van der Waals surface area contributed by atoms with Gasteiger partial charge >= 0.3 is 0 Å². The second-order valence-corrected chi connectivity index (χ2v) is 0.717. The van der Waals surface area contributed by atoms with Crippen LogP contribution in [0.4, 0.5) is 0 Å². The molecule has 0 radical (unpaired) electrons. The van der Waals surface area contributed by atoms with Gasteiger partial charge in [-0.3, -0.25) is 4.99 Å². The van der Waals surface area contributed by atoms with Crippen LogP contribution in [0.3, 0.4) is 0 Å². The maximum absolute atomic E-state index is 7.85. The van der Waals surface area contributed by atoms with E-state index in [1.165, 1.54) is 0 Å². The highest BCUT2D eigenvalue weighted by atomic mass is 14.7. The molecule has 6 heavy (non-hydrogen) atoms. The van der Waals surface area contributed by atoms with Crippen molar-refractivity contribution < 1.29 is 0 Å². The summed E-state index contributed by atoms with van der Waals surface area (Å²) in [7, 11) is 0. The summed E-state index contributed by atoms with van der Waals surface area (Å²) in [6.07, 6.45) is 0. The van der Waals surface area contributed by atoms with Gasteiger partial charge in [0.25, 0.3) is 0 Å². The van der Waals surface area contributed by atoms with E-state index in [0.29, 0.717) is 0 Å². The highest BCUT2D eigenvalue weighted by molar-refractivity contribution is 5.32. The molecule has 2 nitrogen and oxygen atoms in total. The summed E-state index contributed by atoms with van der Waals surface area (Å²) in [5.41, 5.74) is 0.162. The number of hydrogen-bond acceptors (Lipinski definition) is 2. The zero-order valence-corrected chi connectivity index (χ0v) is 3.31. The van der Waals surface area contributed by atoms with Gasteiger partial charge in [0.15, 0.2) is 0 Å². The standard InChI is InChI=1S/C4H4N2/c1-4(3-5)6-2/h1-2H2. The number of hydrogen-bond donors (Lipinski definition) is 0. The molecule has 0 bridgehead atoms. The minimum atomic E-state index is 0.162. The number of aliphatic imine (C=N–C) groups is 1. The zero-order chi connectivity index (χ0) is 4.99. The zero-order valence-electron chi connectivity index (χ0n) is 3.31. The van der Waals surface area contributed by atoms with E-state index in [4.69, 9.17) is 5.26 Å².